The molecular formula is C54H86BaO10. The summed E-state index contributed by atoms with van der Waals surface area (Å²) in [6.45, 7) is 8.49. The summed E-state index contributed by atoms with van der Waals surface area (Å²) in [7, 11) is 0. The minimum atomic E-state index is -0.951. The summed E-state index contributed by atoms with van der Waals surface area (Å²) in [6, 6.07) is 20.6. The van der Waals surface area contributed by atoms with E-state index in [1.807, 2.05) is 36.4 Å². The average molecular weight is 1030 g/mol. The Bertz CT molecular complexity index is 1320. The zero-order valence-corrected chi connectivity index (χ0v) is 45.5. The number of esters is 2. The number of carbonyl (C=O) groups excluding carboxylic acids is 4. The second-order valence-corrected chi connectivity index (χ2v) is 17.5. The van der Waals surface area contributed by atoms with E-state index in [0.717, 1.165) is 154 Å². The van der Waals surface area contributed by atoms with Gasteiger partial charge in [-0.1, -0.05) is 164 Å². The van der Waals surface area contributed by atoms with Crippen molar-refractivity contribution in [3.05, 3.63) is 71.8 Å². The van der Waals surface area contributed by atoms with Gasteiger partial charge in [0, 0.05) is 25.8 Å². The van der Waals surface area contributed by atoms with Crippen molar-refractivity contribution in [2.75, 3.05) is 0 Å². The van der Waals surface area contributed by atoms with Crippen LogP contribution >= 0.6 is 0 Å². The minimum Gasteiger partial charge on any atom is -0.550 e. The quantitative estimate of drug-likeness (QED) is 0.0358. The molecule has 0 aliphatic rings. The Morgan fingerprint density at radius 3 is 0.985 bits per heavy atom. The molecule has 4 atom stereocenters. The Labute approximate surface area is 434 Å². The fourth-order valence-electron chi connectivity index (χ4n) is 8.02. The molecule has 0 fully saturated rings. The Morgan fingerprint density at radius 2 is 0.692 bits per heavy atom. The van der Waals surface area contributed by atoms with Crippen molar-refractivity contribution in [3.63, 3.8) is 0 Å². The summed E-state index contributed by atoms with van der Waals surface area (Å²) in [4.78, 5) is 43.4. The Kier molecular flexibility index (Phi) is 42.8. The maximum Gasteiger partial charge on any atom is 2.00 e. The van der Waals surface area contributed by atoms with E-state index in [4.69, 9.17) is 18.9 Å². The van der Waals surface area contributed by atoms with Crippen LogP contribution in [0.25, 0.3) is 0 Å². The van der Waals surface area contributed by atoms with Crippen LogP contribution in [0.5, 0.6) is 0 Å². The molecule has 364 valence electrons. The number of carboxylic acids is 2. The van der Waals surface area contributed by atoms with Crippen molar-refractivity contribution in [3.8, 4) is 0 Å². The number of hydrogen-bond donors (Lipinski definition) is 0. The first-order valence-corrected chi connectivity index (χ1v) is 25.1. The third kappa shape index (κ3) is 40.6. The molecule has 0 N–H and O–H groups in total. The molecule has 11 heteroatoms. The van der Waals surface area contributed by atoms with Crippen LogP contribution in [-0.4, -0.2) is 97.2 Å². The van der Waals surface area contributed by atoms with Crippen molar-refractivity contribution in [1.82, 2.24) is 0 Å². The second-order valence-electron chi connectivity index (χ2n) is 17.5. The summed E-state index contributed by atoms with van der Waals surface area (Å²) >= 11 is 0. The molecule has 2 rings (SSSR count). The van der Waals surface area contributed by atoms with Crippen molar-refractivity contribution in [1.29, 1.82) is 0 Å². The van der Waals surface area contributed by atoms with E-state index in [-0.39, 0.29) is 98.1 Å². The maximum absolute atomic E-state index is 11.2. The van der Waals surface area contributed by atoms with E-state index in [1.165, 1.54) is 25.0 Å². The summed E-state index contributed by atoms with van der Waals surface area (Å²) in [5.41, 5.74) is 2.40. The number of unbranched alkanes of at least 4 members (excludes halogenated alkanes) is 12. The molecule has 0 saturated heterocycles. The van der Waals surface area contributed by atoms with Gasteiger partial charge in [-0.2, -0.15) is 0 Å². The third-order valence-electron chi connectivity index (χ3n) is 11.5. The molecule has 0 bridgehead atoms. The van der Waals surface area contributed by atoms with Gasteiger partial charge in [0.25, 0.3) is 0 Å². The van der Waals surface area contributed by atoms with Crippen LogP contribution < -0.4 is 10.2 Å². The van der Waals surface area contributed by atoms with Crippen LogP contribution in [0.2, 0.25) is 0 Å². The molecule has 0 amide bonds. The number of benzene rings is 2. The molecule has 10 nitrogen and oxygen atoms in total. The first-order valence-electron chi connectivity index (χ1n) is 25.1. The molecular weight excluding hydrogens is 946 g/mol. The fraction of sp³-hybridized carbons (Fsp3) is 0.704. The molecule has 2 aromatic rings. The number of rotatable bonds is 40. The van der Waals surface area contributed by atoms with Gasteiger partial charge in [0.15, 0.2) is 0 Å². The van der Waals surface area contributed by atoms with E-state index >= 15 is 0 Å². The van der Waals surface area contributed by atoms with Crippen molar-refractivity contribution >= 4 is 72.8 Å². The van der Waals surface area contributed by atoms with E-state index in [9.17, 15) is 29.4 Å². The van der Waals surface area contributed by atoms with Gasteiger partial charge in [-0.3, -0.25) is 9.59 Å². The monoisotopic (exact) mass is 1030 g/mol. The number of carbonyl (C=O) groups is 4. The fourth-order valence-corrected chi connectivity index (χ4v) is 8.02. The minimum absolute atomic E-state index is 0. The molecule has 65 heavy (non-hydrogen) atoms. The van der Waals surface area contributed by atoms with Crippen molar-refractivity contribution < 1.29 is 48.3 Å². The molecule has 0 saturated carbocycles. The normalized spacial score (nSPS) is 12.7. The molecule has 0 aliphatic carbocycles. The zero-order valence-electron chi connectivity index (χ0n) is 41.1. The van der Waals surface area contributed by atoms with Crippen LogP contribution in [0.1, 0.15) is 219 Å². The van der Waals surface area contributed by atoms with Crippen LogP contribution in [-0.2, 0) is 51.3 Å². The van der Waals surface area contributed by atoms with Crippen molar-refractivity contribution in [2.45, 2.75) is 245 Å². The van der Waals surface area contributed by atoms with E-state index < -0.39 is 11.9 Å². The number of carboxylic acid groups (broad SMARTS) is 2. The standard InChI is InChI=1S/2C27H44O5.Ba/c2*1-3-15-26(32-23(2)28)20-13-8-12-19-25(31-22-24-16-9-7-10-17-24)18-11-5-4-6-14-21-27(29)30;/h2*7,9-10,16-17,25-26H,3-6,8,11-15,18-22H2,1-2H3,(H,29,30);/q;;+2/p-2. The number of hydrogen-bond acceptors (Lipinski definition) is 10. The number of ether oxygens (including phenoxy) is 4. The van der Waals surface area contributed by atoms with Crippen LogP contribution in [0.15, 0.2) is 60.7 Å². The van der Waals surface area contributed by atoms with Crippen LogP contribution in [0, 0.1) is 0 Å². The van der Waals surface area contributed by atoms with Crippen LogP contribution in [0.4, 0.5) is 0 Å². The summed E-state index contributed by atoms with van der Waals surface area (Å²) in [5.74, 6) is -2.27. The predicted molar refractivity (Wildman–Crippen MR) is 258 cm³/mol. The van der Waals surface area contributed by atoms with Gasteiger partial charge in [-0.25, -0.2) is 0 Å². The van der Waals surface area contributed by atoms with Gasteiger partial charge >= 0.3 is 60.8 Å². The van der Waals surface area contributed by atoms with E-state index in [0.29, 0.717) is 26.1 Å². The molecule has 0 radical (unpaired) electrons. The Hall–Kier alpha value is -2.19. The third-order valence-corrected chi connectivity index (χ3v) is 11.5. The Balaban J connectivity index is 0.00000124. The first-order chi connectivity index (χ1) is 31.0. The molecule has 4 unspecified atom stereocenters. The summed E-state index contributed by atoms with van der Waals surface area (Å²) in [5, 5.41) is 21.0. The van der Waals surface area contributed by atoms with E-state index in [2.05, 4.69) is 38.1 Å². The second kappa shape index (κ2) is 44.3. The Morgan fingerprint density at radius 1 is 0.415 bits per heavy atom. The van der Waals surface area contributed by atoms with Gasteiger partial charge in [0.1, 0.15) is 12.2 Å². The van der Waals surface area contributed by atoms with Gasteiger partial charge in [-0.15, -0.1) is 0 Å². The first kappa shape index (κ1) is 62.8. The molecule has 0 aromatic heterocycles. The topological polar surface area (TPSA) is 151 Å². The largest absolute Gasteiger partial charge is 2.00 e. The van der Waals surface area contributed by atoms with Gasteiger partial charge in [0.2, 0.25) is 0 Å². The van der Waals surface area contributed by atoms with Gasteiger partial charge in [-0.05, 0) is 101 Å². The summed E-state index contributed by atoms with van der Waals surface area (Å²) < 4.78 is 23.3. The molecule has 0 heterocycles. The average Bonchev–Trinajstić information content (AvgIpc) is 3.26. The summed E-state index contributed by atoms with van der Waals surface area (Å²) in [6.07, 6.45) is 27.4. The zero-order chi connectivity index (χ0) is 46.9. The maximum atomic E-state index is 11.2. The SMILES string of the molecule is CCCC(CCCCCC(CCCCCCCC(=O)[O-])OCc1ccccc1)OC(C)=O.CCCC(CCCCCC(CCCCCCCC(=O)[O-])OCc1ccccc1)OC(C)=O.[Ba+2]. The predicted octanol–water partition coefficient (Wildman–Crippen LogP) is 11.1. The van der Waals surface area contributed by atoms with Gasteiger partial charge in [0.05, 0.1) is 25.4 Å². The van der Waals surface area contributed by atoms with Gasteiger partial charge < -0.3 is 38.7 Å². The van der Waals surface area contributed by atoms with E-state index in [1.54, 1.807) is 0 Å². The number of aliphatic carboxylic acids is 2. The van der Waals surface area contributed by atoms with Crippen LogP contribution in [0.3, 0.4) is 0 Å². The van der Waals surface area contributed by atoms with Crippen molar-refractivity contribution in [2.24, 2.45) is 0 Å². The smallest absolute Gasteiger partial charge is 0.550 e. The molecule has 0 spiro atoms. The molecule has 2 aromatic carbocycles. The molecule has 0 aliphatic heterocycles.